The van der Waals surface area contributed by atoms with Crippen LogP contribution >= 0.6 is 0 Å². The van der Waals surface area contributed by atoms with E-state index in [-0.39, 0.29) is 23.2 Å². The number of aromatic nitrogens is 1. The van der Waals surface area contributed by atoms with Crippen LogP contribution in [0.5, 0.6) is 0 Å². The van der Waals surface area contributed by atoms with Gasteiger partial charge in [-0.1, -0.05) is 18.6 Å². The Morgan fingerprint density at radius 3 is 2.61 bits per heavy atom. The molecule has 1 aliphatic rings. The minimum absolute atomic E-state index is 0.202. The molecule has 0 saturated carbocycles. The molecular formula is C23H26FN3O3S. The summed E-state index contributed by atoms with van der Waals surface area (Å²) in [5.41, 5.74) is 1.47. The number of hydrogen-bond acceptors (Lipinski definition) is 3. The lowest BCUT2D eigenvalue weighted by molar-refractivity contribution is -0.123. The van der Waals surface area contributed by atoms with E-state index in [1.165, 1.54) is 12.1 Å². The molecule has 2 heterocycles. The number of hydrogen-bond donors (Lipinski definition) is 1. The molecule has 1 fully saturated rings. The van der Waals surface area contributed by atoms with Crippen LogP contribution in [0.2, 0.25) is 0 Å². The molecule has 0 radical (unpaired) electrons. The standard InChI is InChI=1S/C23H26FN3O3S/c1-17(23(28)25-16-18-6-5-7-20(24)14-18)27-13-10-19-15-21(8-9-22(19)27)31(29,30)26-11-3-2-4-12-26/h5-10,13-15,17H,2-4,11-12,16H2,1H3,(H,25,28). The third kappa shape index (κ3) is 4.50. The van der Waals surface area contributed by atoms with Crippen LogP contribution in [0.3, 0.4) is 0 Å². The summed E-state index contributed by atoms with van der Waals surface area (Å²) in [6.45, 7) is 3.13. The fourth-order valence-corrected chi connectivity index (χ4v) is 5.56. The fraction of sp³-hybridized carbons (Fsp3) is 0.348. The maximum Gasteiger partial charge on any atom is 0.243 e. The summed E-state index contributed by atoms with van der Waals surface area (Å²) in [7, 11) is -3.51. The molecule has 1 amide bonds. The van der Waals surface area contributed by atoms with Crippen LogP contribution in [0, 0.1) is 5.82 Å². The largest absolute Gasteiger partial charge is 0.350 e. The number of benzene rings is 2. The second-order valence-corrected chi connectivity index (χ2v) is 9.87. The van der Waals surface area contributed by atoms with E-state index in [9.17, 15) is 17.6 Å². The monoisotopic (exact) mass is 443 g/mol. The molecule has 0 aliphatic carbocycles. The molecule has 1 N–H and O–H groups in total. The number of rotatable bonds is 6. The number of nitrogens with one attached hydrogen (secondary N) is 1. The molecule has 4 rings (SSSR count). The van der Waals surface area contributed by atoms with E-state index < -0.39 is 16.1 Å². The molecule has 1 aliphatic heterocycles. The van der Waals surface area contributed by atoms with E-state index in [0.29, 0.717) is 18.7 Å². The van der Waals surface area contributed by atoms with E-state index in [4.69, 9.17) is 0 Å². The molecule has 1 saturated heterocycles. The van der Waals surface area contributed by atoms with Crippen LogP contribution in [0.4, 0.5) is 4.39 Å². The highest BCUT2D eigenvalue weighted by atomic mass is 32.2. The third-order valence-electron chi connectivity index (χ3n) is 5.80. The van der Waals surface area contributed by atoms with Crippen molar-refractivity contribution in [2.45, 2.75) is 43.7 Å². The van der Waals surface area contributed by atoms with Gasteiger partial charge in [0, 0.05) is 36.7 Å². The third-order valence-corrected chi connectivity index (χ3v) is 7.69. The zero-order chi connectivity index (χ0) is 22.0. The Kier molecular flexibility index (Phi) is 6.11. The molecule has 6 nitrogen and oxygen atoms in total. The van der Waals surface area contributed by atoms with Gasteiger partial charge in [0.25, 0.3) is 0 Å². The minimum atomic E-state index is -3.51. The van der Waals surface area contributed by atoms with Gasteiger partial charge in [-0.25, -0.2) is 12.8 Å². The summed E-state index contributed by atoms with van der Waals surface area (Å²) in [5.74, 6) is -0.543. The van der Waals surface area contributed by atoms with Crippen molar-refractivity contribution in [1.29, 1.82) is 0 Å². The average molecular weight is 444 g/mol. The molecule has 164 valence electrons. The topological polar surface area (TPSA) is 71.4 Å². The lowest BCUT2D eigenvalue weighted by Crippen LogP contribution is -2.35. The Morgan fingerprint density at radius 1 is 1.10 bits per heavy atom. The number of carbonyl (C=O) groups is 1. The molecule has 1 unspecified atom stereocenters. The number of fused-ring (bicyclic) bond motifs is 1. The van der Waals surface area contributed by atoms with Crippen LogP contribution in [0.1, 0.15) is 37.8 Å². The molecule has 8 heteroatoms. The zero-order valence-corrected chi connectivity index (χ0v) is 18.2. The van der Waals surface area contributed by atoms with Crippen molar-refractivity contribution >= 4 is 26.8 Å². The van der Waals surface area contributed by atoms with Gasteiger partial charge in [0.05, 0.1) is 4.90 Å². The summed E-state index contributed by atoms with van der Waals surface area (Å²) < 4.78 is 42.6. The zero-order valence-electron chi connectivity index (χ0n) is 17.4. The van der Waals surface area contributed by atoms with Crippen LogP contribution in [0.25, 0.3) is 10.9 Å². The lowest BCUT2D eigenvalue weighted by Gasteiger charge is -2.26. The van der Waals surface area contributed by atoms with Crippen LogP contribution in [-0.4, -0.2) is 36.3 Å². The van der Waals surface area contributed by atoms with Crippen molar-refractivity contribution in [2.24, 2.45) is 0 Å². The van der Waals surface area contributed by atoms with Gasteiger partial charge in [0.2, 0.25) is 15.9 Å². The molecule has 0 spiro atoms. The van der Waals surface area contributed by atoms with Crippen molar-refractivity contribution in [3.8, 4) is 0 Å². The Bertz CT molecular complexity index is 1200. The van der Waals surface area contributed by atoms with Crippen molar-refractivity contribution in [1.82, 2.24) is 14.2 Å². The first kappa shape index (κ1) is 21.5. The Hall–Kier alpha value is -2.71. The summed E-state index contributed by atoms with van der Waals surface area (Å²) >= 11 is 0. The molecular weight excluding hydrogens is 417 g/mol. The minimum Gasteiger partial charge on any atom is -0.350 e. The van der Waals surface area contributed by atoms with Gasteiger partial charge in [-0.3, -0.25) is 4.79 Å². The van der Waals surface area contributed by atoms with Gasteiger partial charge in [0.15, 0.2) is 0 Å². The number of halogens is 1. The van der Waals surface area contributed by atoms with Crippen LogP contribution in [-0.2, 0) is 21.4 Å². The maximum atomic E-state index is 13.3. The smallest absolute Gasteiger partial charge is 0.243 e. The average Bonchev–Trinajstić information content (AvgIpc) is 3.21. The summed E-state index contributed by atoms with van der Waals surface area (Å²) in [5, 5.41) is 3.60. The Labute approximate surface area is 181 Å². The van der Waals surface area contributed by atoms with Crippen molar-refractivity contribution in [2.75, 3.05) is 13.1 Å². The predicted molar refractivity (Wildman–Crippen MR) is 118 cm³/mol. The predicted octanol–water partition coefficient (Wildman–Crippen LogP) is 3.83. The van der Waals surface area contributed by atoms with E-state index >= 15 is 0 Å². The molecule has 31 heavy (non-hydrogen) atoms. The number of nitrogens with zero attached hydrogens (tertiary/aromatic N) is 2. The van der Waals surface area contributed by atoms with Crippen molar-refractivity contribution in [3.05, 3.63) is 66.1 Å². The summed E-state index contributed by atoms with van der Waals surface area (Å²) in [6.07, 6.45) is 4.63. The fourth-order valence-electron chi connectivity index (χ4n) is 4.00. The SMILES string of the molecule is CC(C(=O)NCc1cccc(F)c1)n1ccc2cc(S(=O)(=O)N3CCCCC3)ccc21. The van der Waals surface area contributed by atoms with Gasteiger partial charge in [-0.05, 0) is 61.7 Å². The van der Waals surface area contributed by atoms with Crippen molar-refractivity contribution in [3.63, 3.8) is 0 Å². The number of piperidine rings is 1. The number of sulfonamides is 1. The molecule has 1 aromatic heterocycles. The van der Waals surface area contributed by atoms with Crippen LogP contribution in [0.15, 0.2) is 59.6 Å². The lowest BCUT2D eigenvalue weighted by atomic mass is 10.2. The van der Waals surface area contributed by atoms with E-state index in [2.05, 4.69) is 5.32 Å². The van der Waals surface area contributed by atoms with E-state index in [0.717, 1.165) is 30.2 Å². The highest BCUT2D eigenvalue weighted by Gasteiger charge is 2.26. The van der Waals surface area contributed by atoms with E-state index in [1.54, 1.807) is 47.8 Å². The van der Waals surface area contributed by atoms with Gasteiger partial charge < -0.3 is 9.88 Å². The molecule has 2 aromatic carbocycles. The maximum absolute atomic E-state index is 13.3. The normalized spacial score (nSPS) is 16.3. The first-order chi connectivity index (χ1) is 14.9. The first-order valence-corrected chi connectivity index (χ1v) is 11.9. The van der Waals surface area contributed by atoms with Crippen LogP contribution < -0.4 is 5.32 Å². The Balaban J connectivity index is 1.51. The quantitative estimate of drug-likeness (QED) is 0.629. The second-order valence-electron chi connectivity index (χ2n) is 7.93. The highest BCUT2D eigenvalue weighted by molar-refractivity contribution is 7.89. The van der Waals surface area contributed by atoms with Gasteiger partial charge in [0.1, 0.15) is 11.9 Å². The van der Waals surface area contributed by atoms with Crippen molar-refractivity contribution < 1.29 is 17.6 Å². The van der Waals surface area contributed by atoms with Gasteiger partial charge in [-0.15, -0.1) is 0 Å². The van der Waals surface area contributed by atoms with Gasteiger partial charge in [-0.2, -0.15) is 4.31 Å². The first-order valence-electron chi connectivity index (χ1n) is 10.5. The van der Waals surface area contributed by atoms with Gasteiger partial charge >= 0.3 is 0 Å². The number of carbonyl (C=O) groups excluding carboxylic acids is 1. The molecule has 0 bridgehead atoms. The summed E-state index contributed by atoms with van der Waals surface area (Å²) in [6, 6.07) is 12.5. The Morgan fingerprint density at radius 2 is 1.87 bits per heavy atom. The highest BCUT2D eigenvalue weighted by Crippen LogP contribution is 2.26. The second kappa shape index (κ2) is 8.80. The van der Waals surface area contributed by atoms with E-state index in [1.807, 2.05) is 10.6 Å². The molecule has 1 atom stereocenters. The summed E-state index contributed by atoms with van der Waals surface area (Å²) in [4.78, 5) is 12.9. The number of amides is 1. The molecule has 3 aromatic rings.